The number of hydrogen-bond donors (Lipinski definition) is 1. The van der Waals surface area contributed by atoms with Gasteiger partial charge in [0, 0.05) is 39.1 Å². The van der Waals surface area contributed by atoms with Gasteiger partial charge in [-0.2, -0.15) is 0 Å². The molecule has 3 amide bonds. The van der Waals surface area contributed by atoms with Crippen molar-refractivity contribution in [3.05, 3.63) is 0 Å². The summed E-state index contributed by atoms with van der Waals surface area (Å²) in [6.07, 6.45) is 3.08. The molecule has 2 fully saturated rings. The fourth-order valence-electron chi connectivity index (χ4n) is 2.74. The quantitative estimate of drug-likeness (QED) is 0.759. The molecular formula is C13H23N3O2. The minimum Gasteiger partial charge on any atom is -0.352 e. The number of piperidine rings is 1. The number of hydrogen-bond acceptors (Lipinski definition) is 2. The maximum Gasteiger partial charge on any atom is 0.320 e. The van der Waals surface area contributed by atoms with Crippen molar-refractivity contribution in [1.29, 1.82) is 0 Å². The Bertz CT molecular complexity index is 324. The molecule has 0 saturated carbocycles. The molecule has 0 aromatic rings. The van der Waals surface area contributed by atoms with E-state index in [0.29, 0.717) is 6.54 Å². The van der Waals surface area contributed by atoms with Crippen molar-refractivity contribution in [1.82, 2.24) is 15.1 Å². The zero-order chi connectivity index (χ0) is 13.1. The van der Waals surface area contributed by atoms with Crippen molar-refractivity contribution in [2.45, 2.75) is 39.2 Å². The lowest BCUT2D eigenvalue weighted by molar-refractivity contribution is -0.119. The molecule has 2 aliphatic heterocycles. The van der Waals surface area contributed by atoms with Crippen molar-refractivity contribution in [2.75, 3.05) is 26.2 Å². The summed E-state index contributed by atoms with van der Waals surface area (Å²) in [6, 6.07) is 0.282. The predicted molar refractivity (Wildman–Crippen MR) is 69.2 cm³/mol. The van der Waals surface area contributed by atoms with Gasteiger partial charge in [-0.15, -0.1) is 0 Å². The van der Waals surface area contributed by atoms with Crippen LogP contribution in [0.1, 0.15) is 33.1 Å². The molecule has 1 N–H and O–H groups in total. The Morgan fingerprint density at radius 3 is 2.28 bits per heavy atom. The smallest absolute Gasteiger partial charge is 0.320 e. The number of likely N-dealkylation sites (tertiary alicyclic amines) is 2. The van der Waals surface area contributed by atoms with E-state index in [0.717, 1.165) is 44.8 Å². The van der Waals surface area contributed by atoms with Gasteiger partial charge in [0.2, 0.25) is 5.91 Å². The summed E-state index contributed by atoms with van der Waals surface area (Å²) < 4.78 is 0. The summed E-state index contributed by atoms with van der Waals surface area (Å²) in [5, 5.41) is 2.89. The van der Waals surface area contributed by atoms with E-state index in [9.17, 15) is 9.59 Å². The second-order valence-corrected chi connectivity index (χ2v) is 5.58. The third-order valence-electron chi connectivity index (χ3n) is 3.92. The van der Waals surface area contributed by atoms with Crippen LogP contribution >= 0.6 is 0 Å². The Labute approximate surface area is 108 Å². The molecule has 0 aliphatic carbocycles. The first kappa shape index (κ1) is 13.2. The molecule has 2 aliphatic rings. The molecule has 5 heteroatoms. The number of carbonyl (C=O) groups excluding carboxylic acids is 2. The molecule has 1 atom stereocenters. The summed E-state index contributed by atoms with van der Waals surface area (Å²) in [6.45, 7) is 6.93. The van der Waals surface area contributed by atoms with Gasteiger partial charge in [-0.25, -0.2) is 4.79 Å². The Kier molecular flexibility index (Phi) is 4.09. The van der Waals surface area contributed by atoms with Crippen LogP contribution in [0.15, 0.2) is 0 Å². The zero-order valence-corrected chi connectivity index (χ0v) is 11.3. The van der Waals surface area contributed by atoms with Crippen LogP contribution in [0.4, 0.5) is 4.79 Å². The normalized spacial score (nSPS) is 25.3. The Hall–Kier alpha value is -1.26. The van der Waals surface area contributed by atoms with Gasteiger partial charge in [-0.05, 0) is 25.2 Å². The number of rotatable bonds is 1. The Morgan fingerprint density at radius 1 is 1.06 bits per heavy atom. The molecule has 0 spiro atoms. The summed E-state index contributed by atoms with van der Waals surface area (Å²) in [5.41, 5.74) is 0. The van der Waals surface area contributed by atoms with E-state index in [2.05, 4.69) is 12.2 Å². The van der Waals surface area contributed by atoms with E-state index in [1.807, 2.05) is 9.80 Å². The summed E-state index contributed by atoms with van der Waals surface area (Å²) >= 11 is 0. The third kappa shape index (κ3) is 3.15. The lowest BCUT2D eigenvalue weighted by atomic mass is 10.00. The maximum absolute atomic E-state index is 12.3. The van der Waals surface area contributed by atoms with Gasteiger partial charge < -0.3 is 15.1 Å². The lowest BCUT2D eigenvalue weighted by Crippen LogP contribution is -2.46. The van der Waals surface area contributed by atoms with Crippen molar-refractivity contribution < 1.29 is 9.59 Å². The van der Waals surface area contributed by atoms with Gasteiger partial charge in [0.25, 0.3) is 0 Å². The Balaban J connectivity index is 1.82. The molecule has 18 heavy (non-hydrogen) atoms. The first-order valence-electron chi connectivity index (χ1n) is 6.87. The molecule has 2 rings (SSSR count). The van der Waals surface area contributed by atoms with Gasteiger partial charge in [0.05, 0.1) is 0 Å². The van der Waals surface area contributed by atoms with Crippen molar-refractivity contribution >= 4 is 11.9 Å². The minimum atomic E-state index is -0.0129. The van der Waals surface area contributed by atoms with Gasteiger partial charge in [-0.3, -0.25) is 4.79 Å². The van der Waals surface area contributed by atoms with E-state index in [4.69, 9.17) is 0 Å². The van der Waals surface area contributed by atoms with Gasteiger partial charge in [-0.1, -0.05) is 6.92 Å². The summed E-state index contributed by atoms with van der Waals surface area (Å²) in [4.78, 5) is 27.1. The number of nitrogens with one attached hydrogen (secondary N) is 1. The molecule has 0 aromatic heterocycles. The first-order chi connectivity index (χ1) is 8.56. The first-order valence-corrected chi connectivity index (χ1v) is 6.87. The average molecular weight is 253 g/mol. The highest BCUT2D eigenvalue weighted by Crippen LogP contribution is 2.19. The number of urea groups is 1. The maximum atomic E-state index is 12.3. The fourth-order valence-corrected chi connectivity index (χ4v) is 2.74. The number of carbonyl (C=O) groups is 2. The molecule has 0 radical (unpaired) electrons. The second kappa shape index (κ2) is 5.59. The van der Waals surface area contributed by atoms with Crippen LogP contribution in [0.3, 0.4) is 0 Å². The van der Waals surface area contributed by atoms with Crippen LogP contribution in [0, 0.1) is 5.92 Å². The van der Waals surface area contributed by atoms with Crippen LogP contribution in [0.5, 0.6) is 0 Å². The topological polar surface area (TPSA) is 52.7 Å². The highest BCUT2D eigenvalue weighted by atomic mass is 16.2. The predicted octanol–water partition coefficient (Wildman–Crippen LogP) is 1.05. The van der Waals surface area contributed by atoms with Crippen LogP contribution in [-0.2, 0) is 4.79 Å². The monoisotopic (exact) mass is 253 g/mol. The summed E-state index contributed by atoms with van der Waals surface area (Å²) in [5.74, 6) is 0.723. The fraction of sp³-hybridized carbons (Fsp3) is 0.846. The Morgan fingerprint density at radius 2 is 1.67 bits per heavy atom. The molecule has 5 nitrogen and oxygen atoms in total. The van der Waals surface area contributed by atoms with E-state index in [1.165, 1.54) is 6.92 Å². The molecule has 0 bridgehead atoms. The highest BCUT2D eigenvalue weighted by molar-refractivity contribution is 5.76. The molecule has 0 aromatic carbocycles. The van der Waals surface area contributed by atoms with E-state index >= 15 is 0 Å². The van der Waals surface area contributed by atoms with Crippen LogP contribution < -0.4 is 5.32 Å². The van der Waals surface area contributed by atoms with Gasteiger partial charge in [0.15, 0.2) is 0 Å². The SMILES string of the molecule is CC(=O)NC1CCN(C(=O)N2CCC(C)CC2)C1. The number of nitrogens with zero attached hydrogens (tertiary/aromatic N) is 2. The summed E-state index contributed by atoms with van der Waals surface area (Å²) in [7, 11) is 0. The second-order valence-electron chi connectivity index (χ2n) is 5.58. The third-order valence-corrected chi connectivity index (χ3v) is 3.92. The standard InChI is InChI=1S/C13H23N3O2/c1-10-3-6-15(7-4-10)13(18)16-8-5-12(9-16)14-11(2)17/h10,12H,3-9H2,1-2H3,(H,14,17). The largest absolute Gasteiger partial charge is 0.352 e. The van der Waals surface area contributed by atoms with Crippen LogP contribution in [0.25, 0.3) is 0 Å². The highest BCUT2D eigenvalue weighted by Gasteiger charge is 2.30. The zero-order valence-electron chi connectivity index (χ0n) is 11.3. The average Bonchev–Trinajstić information content (AvgIpc) is 2.76. The molecular weight excluding hydrogens is 230 g/mol. The van der Waals surface area contributed by atoms with E-state index in [1.54, 1.807) is 0 Å². The minimum absolute atomic E-state index is 0.0129. The molecule has 2 saturated heterocycles. The van der Waals surface area contributed by atoms with E-state index in [-0.39, 0.29) is 18.0 Å². The van der Waals surface area contributed by atoms with E-state index < -0.39 is 0 Å². The number of amides is 3. The van der Waals surface area contributed by atoms with Crippen LogP contribution in [-0.4, -0.2) is 54.0 Å². The van der Waals surface area contributed by atoms with Crippen molar-refractivity contribution in [3.8, 4) is 0 Å². The van der Waals surface area contributed by atoms with Crippen molar-refractivity contribution in [2.24, 2.45) is 5.92 Å². The molecule has 102 valence electrons. The molecule has 2 heterocycles. The lowest BCUT2D eigenvalue weighted by Gasteiger charge is -2.33. The van der Waals surface area contributed by atoms with Crippen molar-refractivity contribution in [3.63, 3.8) is 0 Å². The van der Waals surface area contributed by atoms with Gasteiger partial charge >= 0.3 is 6.03 Å². The molecule has 1 unspecified atom stereocenters. The van der Waals surface area contributed by atoms with Crippen LogP contribution in [0.2, 0.25) is 0 Å². The van der Waals surface area contributed by atoms with Gasteiger partial charge in [0.1, 0.15) is 0 Å².